The number of hydrogen-bond donors (Lipinski definition) is 0. The van der Waals surface area contributed by atoms with E-state index in [0.29, 0.717) is 5.76 Å². The molecule has 3 rings (SSSR count). The first-order valence-electron chi connectivity index (χ1n) is 5.20. The van der Waals surface area contributed by atoms with Gasteiger partial charge in [0.05, 0.1) is 13.3 Å². The first-order valence-corrected chi connectivity index (χ1v) is 5.20. The predicted octanol–water partition coefficient (Wildman–Crippen LogP) is 2.24. The molecule has 0 saturated carbocycles. The SMILES string of the molecule is COc1ccc2oc(-c3cnn(C)n3)cc2c1. The standard InChI is InChI=1S/C12H11N3O2/c1-15-13-7-10(14-15)12-6-8-5-9(16-2)3-4-11(8)17-12/h3-7H,1-2H3. The summed E-state index contributed by atoms with van der Waals surface area (Å²) in [5.74, 6) is 1.52. The van der Waals surface area contributed by atoms with Crippen LogP contribution in [-0.4, -0.2) is 22.1 Å². The van der Waals surface area contributed by atoms with Crippen LogP contribution >= 0.6 is 0 Å². The fourth-order valence-electron chi connectivity index (χ4n) is 1.73. The minimum Gasteiger partial charge on any atom is -0.497 e. The maximum Gasteiger partial charge on any atom is 0.157 e. The van der Waals surface area contributed by atoms with Gasteiger partial charge in [-0.05, 0) is 24.3 Å². The molecule has 86 valence electrons. The molecule has 0 unspecified atom stereocenters. The van der Waals surface area contributed by atoms with Crippen LogP contribution in [0.2, 0.25) is 0 Å². The first-order chi connectivity index (χ1) is 8.26. The Bertz CT molecular complexity index is 669. The maximum atomic E-state index is 5.70. The molecule has 5 heteroatoms. The lowest BCUT2D eigenvalue weighted by atomic mass is 10.2. The quantitative estimate of drug-likeness (QED) is 0.676. The van der Waals surface area contributed by atoms with E-state index in [9.17, 15) is 0 Å². The lowest BCUT2D eigenvalue weighted by Crippen LogP contribution is -1.91. The van der Waals surface area contributed by atoms with Crippen molar-refractivity contribution < 1.29 is 9.15 Å². The molecule has 2 aromatic heterocycles. The van der Waals surface area contributed by atoms with E-state index < -0.39 is 0 Å². The number of aryl methyl sites for hydroxylation is 1. The monoisotopic (exact) mass is 229 g/mol. The van der Waals surface area contributed by atoms with Gasteiger partial charge in [0.1, 0.15) is 17.0 Å². The second-order valence-electron chi connectivity index (χ2n) is 3.73. The average molecular weight is 229 g/mol. The van der Waals surface area contributed by atoms with Crippen LogP contribution in [0, 0.1) is 0 Å². The molecule has 1 aromatic carbocycles. The van der Waals surface area contributed by atoms with Gasteiger partial charge in [-0.3, -0.25) is 0 Å². The number of aromatic nitrogens is 3. The minimum absolute atomic E-state index is 0.710. The molecule has 0 aliphatic heterocycles. The molecule has 17 heavy (non-hydrogen) atoms. The number of fused-ring (bicyclic) bond motifs is 1. The third-order valence-electron chi connectivity index (χ3n) is 2.58. The van der Waals surface area contributed by atoms with Crippen molar-refractivity contribution in [2.45, 2.75) is 0 Å². The average Bonchev–Trinajstić information content (AvgIpc) is 2.93. The largest absolute Gasteiger partial charge is 0.497 e. The first kappa shape index (κ1) is 9.89. The Morgan fingerprint density at radius 3 is 2.88 bits per heavy atom. The summed E-state index contributed by atoms with van der Waals surface area (Å²) < 4.78 is 10.9. The summed E-state index contributed by atoms with van der Waals surface area (Å²) in [6.07, 6.45) is 1.68. The van der Waals surface area contributed by atoms with E-state index in [1.54, 1.807) is 20.4 Å². The molecule has 0 spiro atoms. The predicted molar refractivity (Wildman–Crippen MR) is 62.8 cm³/mol. The zero-order valence-corrected chi connectivity index (χ0v) is 9.54. The van der Waals surface area contributed by atoms with Crippen LogP contribution < -0.4 is 4.74 Å². The van der Waals surface area contributed by atoms with Crippen LogP contribution in [0.5, 0.6) is 5.75 Å². The summed E-state index contributed by atoms with van der Waals surface area (Å²) in [5.41, 5.74) is 1.54. The Morgan fingerprint density at radius 1 is 1.29 bits per heavy atom. The van der Waals surface area contributed by atoms with Crippen molar-refractivity contribution in [3.63, 3.8) is 0 Å². The topological polar surface area (TPSA) is 53.1 Å². The van der Waals surface area contributed by atoms with Gasteiger partial charge in [0.25, 0.3) is 0 Å². The maximum absolute atomic E-state index is 5.70. The van der Waals surface area contributed by atoms with Gasteiger partial charge in [-0.1, -0.05) is 0 Å². The summed E-state index contributed by atoms with van der Waals surface area (Å²) in [7, 11) is 3.42. The Hall–Kier alpha value is -2.30. The summed E-state index contributed by atoms with van der Waals surface area (Å²) in [4.78, 5) is 1.50. The van der Waals surface area contributed by atoms with Crippen molar-refractivity contribution in [2.24, 2.45) is 7.05 Å². The third kappa shape index (κ3) is 1.65. The van der Waals surface area contributed by atoms with Crippen LogP contribution in [0.25, 0.3) is 22.4 Å². The van der Waals surface area contributed by atoms with Gasteiger partial charge in [-0.2, -0.15) is 15.0 Å². The molecule has 0 aliphatic rings. The number of nitrogens with zero attached hydrogens (tertiary/aromatic N) is 3. The molecule has 0 fully saturated rings. The summed E-state index contributed by atoms with van der Waals surface area (Å²) >= 11 is 0. The van der Waals surface area contributed by atoms with Crippen LogP contribution in [0.3, 0.4) is 0 Å². The number of benzene rings is 1. The number of methoxy groups -OCH3 is 1. The molecule has 0 radical (unpaired) electrons. The molecule has 0 saturated heterocycles. The van der Waals surface area contributed by atoms with E-state index in [4.69, 9.17) is 9.15 Å². The zero-order chi connectivity index (χ0) is 11.8. The summed E-state index contributed by atoms with van der Waals surface area (Å²) in [5, 5.41) is 9.21. The van der Waals surface area contributed by atoms with E-state index in [1.807, 2.05) is 24.3 Å². The van der Waals surface area contributed by atoms with Crippen LogP contribution in [-0.2, 0) is 7.05 Å². The highest BCUT2D eigenvalue weighted by atomic mass is 16.5. The highest BCUT2D eigenvalue weighted by Crippen LogP contribution is 2.28. The lowest BCUT2D eigenvalue weighted by molar-refractivity contribution is 0.415. The lowest BCUT2D eigenvalue weighted by Gasteiger charge is -1.96. The molecule has 0 atom stereocenters. The van der Waals surface area contributed by atoms with Gasteiger partial charge in [0.15, 0.2) is 5.76 Å². The second-order valence-corrected chi connectivity index (χ2v) is 3.73. The van der Waals surface area contributed by atoms with Crippen LogP contribution in [0.1, 0.15) is 0 Å². The number of hydrogen-bond acceptors (Lipinski definition) is 4. The van der Waals surface area contributed by atoms with Gasteiger partial charge in [0, 0.05) is 12.4 Å². The van der Waals surface area contributed by atoms with E-state index in [-0.39, 0.29) is 0 Å². The number of ether oxygens (including phenoxy) is 1. The molecule has 2 heterocycles. The highest BCUT2D eigenvalue weighted by Gasteiger charge is 2.09. The Morgan fingerprint density at radius 2 is 2.18 bits per heavy atom. The van der Waals surface area contributed by atoms with Crippen molar-refractivity contribution in [3.8, 4) is 17.2 Å². The molecule has 0 bridgehead atoms. The molecule has 5 nitrogen and oxygen atoms in total. The van der Waals surface area contributed by atoms with Gasteiger partial charge in [-0.25, -0.2) is 0 Å². The number of furan rings is 1. The van der Waals surface area contributed by atoms with E-state index in [0.717, 1.165) is 22.4 Å². The number of rotatable bonds is 2. The Balaban J connectivity index is 2.13. The molecule has 0 aliphatic carbocycles. The van der Waals surface area contributed by atoms with E-state index >= 15 is 0 Å². The second kappa shape index (κ2) is 3.62. The summed E-state index contributed by atoms with van der Waals surface area (Å²) in [6, 6.07) is 7.61. The minimum atomic E-state index is 0.710. The summed E-state index contributed by atoms with van der Waals surface area (Å²) in [6.45, 7) is 0. The van der Waals surface area contributed by atoms with E-state index in [2.05, 4.69) is 10.2 Å². The van der Waals surface area contributed by atoms with Crippen molar-refractivity contribution in [1.29, 1.82) is 0 Å². The van der Waals surface area contributed by atoms with E-state index in [1.165, 1.54) is 4.80 Å². The van der Waals surface area contributed by atoms with Gasteiger partial charge < -0.3 is 9.15 Å². The third-order valence-corrected chi connectivity index (χ3v) is 2.58. The Kier molecular flexibility index (Phi) is 2.11. The van der Waals surface area contributed by atoms with Crippen molar-refractivity contribution >= 4 is 11.0 Å². The zero-order valence-electron chi connectivity index (χ0n) is 9.54. The van der Waals surface area contributed by atoms with Crippen molar-refractivity contribution in [2.75, 3.05) is 7.11 Å². The van der Waals surface area contributed by atoms with Crippen LogP contribution in [0.15, 0.2) is 34.9 Å². The normalized spacial score (nSPS) is 10.9. The molecular weight excluding hydrogens is 218 g/mol. The fourth-order valence-corrected chi connectivity index (χ4v) is 1.73. The smallest absolute Gasteiger partial charge is 0.157 e. The Labute approximate surface area is 97.6 Å². The van der Waals surface area contributed by atoms with Gasteiger partial charge in [-0.15, -0.1) is 0 Å². The fraction of sp³-hybridized carbons (Fsp3) is 0.167. The van der Waals surface area contributed by atoms with Gasteiger partial charge in [0.2, 0.25) is 0 Å². The van der Waals surface area contributed by atoms with Crippen molar-refractivity contribution in [3.05, 3.63) is 30.5 Å². The molecule has 3 aromatic rings. The van der Waals surface area contributed by atoms with Crippen LogP contribution in [0.4, 0.5) is 0 Å². The molecule has 0 amide bonds. The van der Waals surface area contributed by atoms with Crippen molar-refractivity contribution in [1.82, 2.24) is 15.0 Å². The molecule has 0 N–H and O–H groups in total. The molecular formula is C12H11N3O2. The van der Waals surface area contributed by atoms with Gasteiger partial charge >= 0.3 is 0 Å². The highest BCUT2D eigenvalue weighted by molar-refractivity contribution is 5.83.